The Labute approximate surface area is 297 Å². The van der Waals surface area contributed by atoms with Gasteiger partial charge in [-0.1, -0.05) is 23.7 Å². The summed E-state index contributed by atoms with van der Waals surface area (Å²) in [6.45, 7) is 1.07. The molecule has 1 heterocycles. The zero-order chi connectivity index (χ0) is 37.0. The molecule has 6 atom stereocenters. The monoisotopic (exact) mass is 714 g/mol. The second-order valence-corrected chi connectivity index (χ2v) is 12.8. The Morgan fingerprint density at radius 3 is 2.45 bits per heavy atom. The van der Waals surface area contributed by atoms with Crippen LogP contribution in [-0.2, 0) is 19.2 Å². The number of phenolic OH excluding ortho intramolecular Hbond substituents is 1. The fourth-order valence-electron chi connectivity index (χ4n) is 6.27. The molecule has 3 aliphatic rings. The van der Waals surface area contributed by atoms with Crippen molar-refractivity contribution in [2.75, 3.05) is 23.7 Å². The maximum atomic E-state index is 14.0. The molecule has 2 aromatic carbocycles. The number of aliphatic hydroxyl groups is 3. The number of allylic oxidation sites excluding steroid dienone is 2. The summed E-state index contributed by atoms with van der Waals surface area (Å²) in [6.07, 6.45) is 0.567. The van der Waals surface area contributed by atoms with Crippen molar-refractivity contribution in [1.82, 2.24) is 10.6 Å². The lowest BCUT2D eigenvalue weighted by Crippen LogP contribution is -2.62. The van der Waals surface area contributed by atoms with Gasteiger partial charge < -0.3 is 46.5 Å². The number of hydrogen-bond acceptors (Lipinski definition) is 12. The number of aliphatic hydroxyl groups excluding tert-OH is 2. The predicted octanol–water partition coefficient (Wildman–Crippen LogP) is -0.0668. The summed E-state index contributed by atoms with van der Waals surface area (Å²) in [6, 6.07) is 3.88. The van der Waals surface area contributed by atoms with Crippen LogP contribution in [0.2, 0.25) is 0 Å². The van der Waals surface area contributed by atoms with Crippen molar-refractivity contribution in [3.05, 3.63) is 64.2 Å². The van der Waals surface area contributed by atoms with E-state index in [1.807, 2.05) is 0 Å². The molecule has 3 amide bonds. The molecular weight excluding hydrogens is 680 g/mol. The van der Waals surface area contributed by atoms with E-state index < -0.39 is 76.6 Å². The van der Waals surface area contributed by atoms with Gasteiger partial charge in [0, 0.05) is 36.2 Å². The van der Waals surface area contributed by atoms with Crippen molar-refractivity contribution in [2.24, 2.45) is 0 Å². The summed E-state index contributed by atoms with van der Waals surface area (Å²) in [4.78, 5) is 75.0. The summed E-state index contributed by atoms with van der Waals surface area (Å²) in [5.41, 5.74) is -2.66. The Bertz CT molecular complexity index is 1990. The van der Waals surface area contributed by atoms with E-state index in [1.54, 1.807) is 0 Å². The quantitative estimate of drug-likeness (QED) is 0.0420. The Balaban J connectivity index is 1.33. The number of benzene rings is 2. The molecule has 0 saturated heterocycles. The standard InChI is InChI=1S/C36H34N4O10S/c1-18(42)36(50)26-8-5-3-2-4-7-23(43)31(36)22-16-24(44)29-30(32(22)40-26)33(47)20-11-10-19(15-21(20)34(29)48)39-28(46)17-38-27(45)9-6-13-37-35(49)25(51)12-14-41/h2-3,10-11,14-16,18,23,25-26,31,40,42-44,50-51H,6,9,12-13,17H2,1H3,(H,37,49)(H,38,45)(H,39,46)/b3-2-/t18?,23?,25?,26-,31?,36-/m0/s1. The fraction of sp³-hybridized carbons (Fsp3) is 0.333. The number of hydrogen-bond donors (Lipinski definition) is 9. The highest BCUT2D eigenvalue weighted by Crippen LogP contribution is 2.50. The maximum absolute atomic E-state index is 14.0. The molecule has 8 N–H and O–H groups in total. The topological polar surface area (TPSA) is 231 Å². The van der Waals surface area contributed by atoms with Gasteiger partial charge in [0.1, 0.15) is 29.8 Å². The number of phenols is 1. The van der Waals surface area contributed by atoms with Crippen molar-refractivity contribution < 1.29 is 49.2 Å². The molecule has 4 unspecified atom stereocenters. The zero-order valence-electron chi connectivity index (χ0n) is 27.1. The zero-order valence-corrected chi connectivity index (χ0v) is 28.0. The molecule has 2 aliphatic carbocycles. The third-order valence-corrected chi connectivity index (χ3v) is 9.26. The molecule has 14 nitrogen and oxygen atoms in total. The molecule has 0 aromatic heterocycles. The van der Waals surface area contributed by atoms with Crippen molar-refractivity contribution in [3.8, 4) is 29.4 Å². The number of aromatic hydroxyl groups is 1. The van der Waals surface area contributed by atoms with Gasteiger partial charge in [0.2, 0.25) is 17.7 Å². The molecule has 5 rings (SSSR count). The van der Waals surface area contributed by atoms with Crippen LogP contribution in [0, 0.1) is 23.7 Å². The van der Waals surface area contributed by atoms with Crippen LogP contribution >= 0.6 is 12.6 Å². The number of amides is 3. The van der Waals surface area contributed by atoms with Gasteiger partial charge in [0.15, 0.2) is 11.6 Å². The van der Waals surface area contributed by atoms with E-state index in [2.05, 4.69) is 57.6 Å². The van der Waals surface area contributed by atoms with E-state index in [9.17, 15) is 49.2 Å². The van der Waals surface area contributed by atoms with Crippen LogP contribution < -0.4 is 21.3 Å². The van der Waals surface area contributed by atoms with Gasteiger partial charge in [-0.3, -0.25) is 24.0 Å². The molecule has 15 heteroatoms. The molecular formula is C36H34N4O10S. The van der Waals surface area contributed by atoms with Crippen LogP contribution in [0.5, 0.6) is 5.75 Å². The van der Waals surface area contributed by atoms with Gasteiger partial charge in [-0.15, -0.1) is 0 Å². The minimum atomic E-state index is -2.14. The van der Waals surface area contributed by atoms with E-state index >= 15 is 0 Å². The minimum Gasteiger partial charge on any atom is -0.507 e. The molecule has 0 fully saturated rings. The lowest BCUT2D eigenvalue weighted by Gasteiger charge is -2.48. The number of aldehydes is 1. The molecule has 0 radical (unpaired) electrons. The van der Waals surface area contributed by atoms with Crippen molar-refractivity contribution >= 4 is 59.6 Å². The highest BCUT2D eigenvalue weighted by molar-refractivity contribution is 7.81. The van der Waals surface area contributed by atoms with Crippen molar-refractivity contribution in [1.29, 1.82) is 0 Å². The first-order valence-electron chi connectivity index (χ1n) is 15.9. The number of thiol groups is 1. The number of fused-ring (bicyclic) bond motifs is 7. The largest absolute Gasteiger partial charge is 0.507 e. The van der Waals surface area contributed by atoms with E-state index in [-0.39, 0.29) is 65.0 Å². The summed E-state index contributed by atoms with van der Waals surface area (Å²) in [5.74, 6) is 5.80. The summed E-state index contributed by atoms with van der Waals surface area (Å²) >= 11 is 4.00. The lowest BCUT2D eigenvalue weighted by molar-refractivity contribution is -0.124. The smallest absolute Gasteiger partial charge is 0.243 e. The highest BCUT2D eigenvalue weighted by Gasteiger charge is 2.56. The second-order valence-electron chi connectivity index (χ2n) is 12.1. The SMILES string of the molecule is CC(O)[C@@]1(O)C2c3cc(O)c4c(c3N[C@H]1C#C/C=C\C#CC2O)C(=O)c1ccc(NC(=O)CNC(=O)CCCNC(=O)C(S)CC=O)cc1C4=O. The van der Waals surface area contributed by atoms with Gasteiger partial charge in [0.25, 0.3) is 0 Å². The van der Waals surface area contributed by atoms with Crippen molar-refractivity contribution in [2.45, 2.75) is 61.2 Å². The minimum absolute atomic E-state index is 0.00515. The number of rotatable bonds is 11. The number of anilines is 2. The van der Waals surface area contributed by atoms with Gasteiger partial charge in [0.05, 0.1) is 40.6 Å². The van der Waals surface area contributed by atoms with Crippen LogP contribution in [0.4, 0.5) is 11.4 Å². The van der Waals surface area contributed by atoms with E-state index in [4.69, 9.17) is 0 Å². The van der Waals surface area contributed by atoms with Crippen LogP contribution in [0.1, 0.15) is 69.5 Å². The summed E-state index contributed by atoms with van der Waals surface area (Å²) in [5, 5.41) is 54.7. The van der Waals surface area contributed by atoms with E-state index in [1.165, 1.54) is 37.3 Å². The molecule has 2 bridgehead atoms. The number of carbonyl (C=O) groups is 6. The Kier molecular flexibility index (Phi) is 11.0. The molecule has 1 aliphatic heterocycles. The van der Waals surface area contributed by atoms with Crippen LogP contribution in [0.3, 0.4) is 0 Å². The first-order chi connectivity index (χ1) is 24.3. The predicted molar refractivity (Wildman–Crippen MR) is 186 cm³/mol. The third-order valence-electron chi connectivity index (χ3n) is 8.81. The van der Waals surface area contributed by atoms with Gasteiger partial charge in [-0.2, -0.15) is 12.6 Å². The number of ketones is 2. The van der Waals surface area contributed by atoms with E-state index in [0.29, 0.717) is 6.29 Å². The molecule has 51 heavy (non-hydrogen) atoms. The normalized spacial score (nSPS) is 22.7. The number of carbonyl (C=O) groups excluding carboxylic acids is 6. The summed E-state index contributed by atoms with van der Waals surface area (Å²) in [7, 11) is 0. The van der Waals surface area contributed by atoms with Crippen LogP contribution in [0.25, 0.3) is 0 Å². The van der Waals surface area contributed by atoms with Gasteiger partial charge in [-0.05, 0) is 55.3 Å². The van der Waals surface area contributed by atoms with Crippen LogP contribution in [0.15, 0.2) is 36.4 Å². The molecule has 0 spiro atoms. The lowest BCUT2D eigenvalue weighted by atomic mass is 9.66. The van der Waals surface area contributed by atoms with Gasteiger partial charge in [-0.25, -0.2) is 0 Å². The Morgan fingerprint density at radius 1 is 1.04 bits per heavy atom. The highest BCUT2D eigenvalue weighted by atomic mass is 32.1. The summed E-state index contributed by atoms with van der Waals surface area (Å²) < 4.78 is 0. The molecule has 264 valence electrons. The average Bonchev–Trinajstić information content (AvgIpc) is 3.08. The fourth-order valence-corrected chi connectivity index (χ4v) is 6.45. The van der Waals surface area contributed by atoms with E-state index in [0.717, 1.165) is 6.07 Å². The molecule has 2 aromatic rings. The molecule has 0 saturated carbocycles. The third kappa shape index (κ3) is 7.24. The Morgan fingerprint density at radius 2 is 1.75 bits per heavy atom. The maximum Gasteiger partial charge on any atom is 0.243 e. The first-order valence-corrected chi connectivity index (χ1v) is 16.4. The van der Waals surface area contributed by atoms with Crippen LogP contribution in [-0.4, -0.2) is 98.2 Å². The van der Waals surface area contributed by atoms with Gasteiger partial charge >= 0.3 is 0 Å². The first kappa shape index (κ1) is 36.8. The Hall–Kier alpha value is -5.45. The second kappa shape index (κ2) is 15.2. The van der Waals surface area contributed by atoms with Crippen molar-refractivity contribution in [3.63, 3.8) is 0 Å². The number of nitrogens with one attached hydrogen (secondary N) is 4. The average molecular weight is 715 g/mol.